The van der Waals surface area contributed by atoms with Gasteiger partial charge in [0.2, 0.25) is 0 Å². The summed E-state index contributed by atoms with van der Waals surface area (Å²) in [5.41, 5.74) is -0.110. The van der Waals surface area contributed by atoms with E-state index in [0.717, 1.165) is 15.0 Å². The molecule has 12 heteroatoms. The van der Waals surface area contributed by atoms with Gasteiger partial charge >= 0.3 is 23.6 Å². The highest BCUT2D eigenvalue weighted by Crippen LogP contribution is 2.41. The normalized spacial score (nSPS) is 23.5. The predicted molar refractivity (Wildman–Crippen MR) is 129 cm³/mol. The fourth-order valence-electron chi connectivity index (χ4n) is 3.79. The van der Waals surface area contributed by atoms with Gasteiger partial charge in [0.1, 0.15) is 18.8 Å². The van der Waals surface area contributed by atoms with E-state index in [2.05, 4.69) is 4.98 Å². The van der Waals surface area contributed by atoms with Gasteiger partial charge in [0.25, 0.3) is 5.56 Å². The molecule has 1 aromatic heterocycles. The smallest absolute Gasteiger partial charge is 0.330 e. The SMILES string of the molecule is CC(=O)OC[C@H]1O[C@@H](n2cc(C)c(=O)[nH]c2=O)[C@H](OC(C)=O)[C@H](Sc2ccc(C)cc2)[C@@H]1OC(C)=O. The van der Waals surface area contributed by atoms with Crippen molar-refractivity contribution in [2.75, 3.05) is 6.61 Å². The molecule has 3 rings (SSSR count). The maximum atomic E-state index is 12.8. The minimum Gasteiger partial charge on any atom is -0.463 e. The number of nitrogens with one attached hydrogen (secondary N) is 1. The molecule has 1 aromatic carbocycles. The molecule has 1 saturated heterocycles. The van der Waals surface area contributed by atoms with E-state index in [4.69, 9.17) is 18.9 Å². The second-order valence-corrected chi connectivity index (χ2v) is 9.64. The number of ether oxygens (including phenoxy) is 4. The van der Waals surface area contributed by atoms with Gasteiger partial charge in [-0.2, -0.15) is 0 Å². The zero-order valence-corrected chi connectivity index (χ0v) is 21.3. The largest absolute Gasteiger partial charge is 0.463 e. The lowest BCUT2D eigenvalue weighted by molar-refractivity contribution is -0.226. The molecule has 0 radical (unpaired) electrons. The number of aryl methyl sites for hydroxylation is 2. The summed E-state index contributed by atoms with van der Waals surface area (Å²) in [4.78, 5) is 63.5. The highest BCUT2D eigenvalue weighted by atomic mass is 32.2. The molecule has 1 aliphatic heterocycles. The predicted octanol–water partition coefficient (Wildman–Crippen LogP) is 1.64. The molecule has 194 valence electrons. The van der Waals surface area contributed by atoms with Crippen molar-refractivity contribution in [3.63, 3.8) is 0 Å². The summed E-state index contributed by atoms with van der Waals surface area (Å²) in [6.07, 6.45) is -3.10. The van der Waals surface area contributed by atoms with Gasteiger partial charge in [-0.25, -0.2) is 4.79 Å². The molecule has 2 heterocycles. The van der Waals surface area contributed by atoms with Crippen LogP contribution in [-0.4, -0.2) is 57.6 Å². The summed E-state index contributed by atoms with van der Waals surface area (Å²) < 4.78 is 23.6. The Kier molecular flexibility index (Phi) is 8.75. The van der Waals surface area contributed by atoms with Crippen LogP contribution in [0.25, 0.3) is 0 Å². The van der Waals surface area contributed by atoms with Crippen LogP contribution in [0, 0.1) is 13.8 Å². The average molecular weight is 521 g/mol. The van der Waals surface area contributed by atoms with Crippen LogP contribution >= 0.6 is 11.8 Å². The third-order valence-electron chi connectivity index (χ3n) is 5.38. The number of carbonyl (C=O) groups excluding carboxylic acids is 3. The summed E-state index contributed by atoms with van der Waals surface area (Å²) in [6, 6.07) is 7.51. The Balaban J connectivity index is 2.16. The van der Waals surface area contributed by atoms with Crippen molar-refractivity contribution in [1.29, 1.82) is 0 Å². The number of H-pyrrole nitrogens is 1. The van der Waals surface area contributed by atoms with Gasteiger partial charge in [-0.1, -0.05) is 17.7 Å². The number of aromatic nitrogens is 2. The van der Waals surface area contributed by atoms with Crippen LogP contribution in [0.3, 0.4) is 0 Å². The summed E-state index contributed by atoms with van der Waals surface area (Å²) in [7, 11) is 0. The summed E-state index contributed by atoms with van der Waals surface area (Å²) in [5, 5.41) is -0.779. The van der Waals surface area contributed by atoms with Gasteiger partial charge in [-0.05, 0) is 26.0 Å². The van der Waals surface area contributed by atoms with Crippen molar-refractivity contribution in [2.24, 2.45) is 0 Å². The Bertz CT molecular complexity index is 1240. The third kappa shape index (κ3) is 6.64. The Labute approximate surface area is 211 Å². The van der Waals surface area contributed by atoms with E-state index in [1.807, 2.05) is 31.2 Å². The minimum atomic E-state index is -1.23. The van der Waals surface area contributed by atoms with E-state index >= 15 is 0 Å². The van der Waals surface area contributed by atoms with E-state index in [1.54, 1.807) is 0 Å². The van der Waals surface area contributed by atoms with Gasteiger partial charge in [-0.15, -0.1) is 11.8 Å². The highest BCUT2D eigenvalue weighted by Gasteiger charge is 2.51. The molecule has 2 aromatic rings. The average Bonchev–Trinajstić information content (AvgIpc) is 2.78. The van der Waals surface area contributed by atoms with Crippen LogP contribution in [-0.2, 0) is 33.3 Å². The van der Waals surface area contributed by atoms with E-state index < -0.39 is 58.9 Å². The summed E-state index contributed by atoms with van der Waals surface area (Å²) in [6.45, 7) is 6.80. The number of rotatable bonds is 7. The summed E-state index contributed by atoms with van der Waals surface area (Å²) in [5.74, 6) is -1.86. The summed E-state index contributed by atoms with van der Waals surface area (Å²) >= 11 is 1.26. The Morgan fingerprint density at radius 2 is 1.58 bits per heavy atom. The fourth-order valence-corrected chi connectivity index (χ4v) is 5.08. The van der Waals surface area contributed by atoms with E-state index in [9.17, 15) is 24.0 Å². The third-order valence-corrected chi connectivity index (χ3v) is 6.73. The van der Waals surface area contributed by atoms with Gasteiger partial charge in [-0.3, -0.25) is 28.7 Å². The first-order valence-corrected chi connectivity index (χ1v) is 12.0. The molecule has 1 aliphatic rings. The van der Waals surface area contributed by atoms with Crippen molar-refractivity contribution >= 4 is 29.7 Å². The van der Waals surface area contributed by atoms with Crippen molar-refractivity contribution in [2.45, 2.75) is 69.3 Å². The number of benzene rings is 1. The van der Waals surface area contributed by atoms with Crippen molar-refractivity contribution < 1.29 is 33.3 Å². The molecule has 11 nitrogen and oxygen atoms in total. The lowest BCUT2D eigenvalue weighted by Crippen LogP contribution is -2.59. The number of carbonyl (C=O) groups is 3. The van der Waals surface area contributed by atoms with Crippen LogP contribution < -0.4 is 11.2 Å². The van der Waals surface area contributed by atoms with E-state index in [-0.39, 0.29) is 12.2 Å². The topological polar surface area (TPSA) is 143 Å². The van der Waals surface area contributed by atoms with Crippen LogP contribution in [0.2, 0.25) is 0 Å². The van der Waals surface area contributed by atoms with Gasteiger partial charge < -0.3 is 18.9 Å². The van der Waals surface area contributed by atoms with Crippen molar-refractivity contribution in [3.8, 4) is 0 Å². The lowest BCUT2D eigenvalue weighted by atomic mass is 10.00. The number of aromatic amines is 1. The molecule has 0 amide bonds. The second kappa shape index (κ2) is 11.6. The molecule has 0 bridgehead atoms. The highest BCUT2D eigenvalue weighted by molar-refractivity contribution is 8.00. The Hall–Kier alpha value is -3.38. The number of thioether (sulfide) groups is 1. The maximum Gasteiger partial charge on any atom is 0.330 e. The first-order valence-electron chi connectivity index (χ1n) is 11.1. The van der Waals surface area contributed by atoms with Crippen molar-refractivity contribution in [3.05, 3.63) is 62.4 Å². The van der Waals surface area contributed by atoms with E-state index in [0.29, 0.717) is 0 Å². The lowest BCUT2D eigenvalue weighted by Gasteiger charge is -2.45. The first-order chi connectivity index (χ1) is 17.0. The Morgan fingerprint density at radius 1 is 0.972 bits per heavy atom. The molecular formula is C24H28N2O9S. The standard InChI is InChI=1S/C24H28N2O9S/c1-12-6-8-17(9-7-12)36-21-19(33-15(4)28)18(11-32-14(3)27)35-23(20(21)34-16(5)29)26-10-13(2)22(30)25-24(26)31/h6-10,18-21,23H,11H2,1-5H3,(H,25,30,31)/t18-,19-,20-,21-,23-/m1/s1. The fraction of sp³-hybridized carbons (Fsp3) is 0.458. The van der Waals surface area contributed by atoms with Crippen LogP contribution in [0.1, 0.15) is 38.1 Å². The molecule has 1 N–H and O–H groups in total. The molecule has 1 fully saturated rings. The zero-order valence-electron chi connectivity index (χ0n) is 20.5. The second-order valence-electron chi connectivity index (χ2n) is 8.39. The molecule has 0 saturated carbocycles. The quantitative estimate of drug-likeness (QED) is 0.423. The van der Waals surface area contributed by atoms with Crippen molar-refractivity contribution in [1.82, 2.24) is 9.55 Å². The van der Waals surface area contributed by atoms with Gasteiger partial charge in [0.05, 0.1) is 5.25 Å². The zero-order chi connectivity index (χ0) is 26.6. The minimum absolute atomic E-state index is 0.223. The van der Waals surface area contributed by atoms with Crippen LogP contribution in [0.15, 0.2) is 44.9 Å². The van der Waals surface area contributed by atoms with Gasteiger partial charge in [0.15, 0.2) is 12.3 Å². The number of hydrogen-bond acceptors (Lipinski definition) is 10. The van der Waals surface area contributed by atoms with Gasteiger partial charge in [0, 0.05) is 37.4 Å². The van der Waals surface area contributed by atoms with E-state index in [1.165, 1.54) is 45.7 Å². The maximum absolute atomic E-state index is 12.8. The van der Waals surface area contributed by atoms with Crippen LogP contribution in [0.5, 0.6) is 0 Å². The molecule has 5 atom stereocenters. The molecular weight excluding hydrogens is 492 g/mol. The molecule has 0 unspecified atom stereocenters. The van der Waals surface area contributed by atoms with Crippen LogP contribution in [0.4, 0.5) is 0 Å². The molecule has 0 aliphatic carbocycles. The number of hydrogen-bond donors (Lipinski definition) is 1. The molecule has 36 heavy (non-hydrogen) atoms. The molecule has 0 spiro atoms. The monoisotopic (exact) mass is 520 g/mol. The number of esters is 3. The Morgan fingerprint density at radius 3 is 2.17 bits per heavy atom. The number of nitrogens with zero attached hydrogens (tertiary/aromatic N) is 1. The first kappa shape index (κ1) is 27.2.